The lowest BCUT2D eigenvalue weighted by atomic mass is 10.0. The van der Waals surface area contributed by atoms with Gasteiger partial charge in [0.1, 0.15) is 5.82 Å². The number of nitrogens with one attached hydrogen (secondary N) is 2. The minimum Gasteiger partial charge on any atom is -0.356 e. The van der Waals surface area contributed by atoms with Crippen molar-refractivity contribution in [3.8, 4) is 0 Å². The second-order valence-corrected chi connectivity index (χ2v) is 7.35. The van der Waals surface area contributed by atoms with Gasteiger partial charge in [-0.2, -0.15) is 0 Å². The number of guanidine groups is 1. The number of nitrogens with zero attached hydrogens (tertiary/aromatic N) is 2. The highest BCUT2D eigenvalue weighted by atomic mass is 127. The van der Waals surface area contributed by atoms with Crippen molar-refractivity contribution in [2.45, 2.75) is 45.6 Å². The summed E-state index contributed by atoms with van der Waals surface area (Å²) in [6, 6.07) is 7.33. The Labute approximate surface area is 175 Å². The number of benzene rings is 1. The van der Waals surface area contributed by atoms with Gasteiger partial charge in [0.05, 0.1) is 0 Å². The number of likely N-dealkylation sites (tertiary alicyclic amines) is 1. The Bertz CT molecular complexity index is 542. The molecule has 2 N–H and O–H groups in total. The van der Waals surface area contributed by atoms with E-state index >= 15 is 0 Å². The molecule has 0 saturated carbocycles. The van der Waals surface area contributed by atoms with Gasteiger partial charge in [-0.15, -0.1) is 24.0 Å². The molecule has 6 heteroatoms. The number of piperidine rings is 1. The minimum atomic E-state index is -0.160. The van der Waals surface area contributed by atoms with E-state index in [0.29, 0.717) is 6.04 Å². The smallest absolute Gasteiger partial charge is 0.191 e. The Morgan fingerprint density at radius 3 is 2.65 bits per heavy atom. The van der Waals surface area contributed by atoms with E-state index in [1.54, 1.807) is 12.1 Å². The lowest BCUT2D eigenvalue weighted by molar-refractivity contribution is 0.187. The molecule has 0 aromatic heterocycles. The molecule has 0 spiro atoms. The highest BCUT2D eigenvalue weighted by molar-refractivity contribution is 14.0. The van der Waals surface area contributed by atoms with Crippen LogP contribution in [0.5, 0.6) is 0 Å². The van der Waals surface area contributed by atoms with E-state index in [9.17, 15) is 4.39 Å². The van der Waals surface area contributed by atoms with Crippen molar-refractivity contribution in [3.63, 3.8) is 0 Å². The van der Waals surface area contributed by atoms with Crippen molar-refractivity contribution in [2.24, 2.45) is 10.9 Å². The average molecular weight is 476 g/mol. The van der Waals surface area contributed by atoms with Crippen LogP contribution in [-0.4, -0.2) is 50.1 Å². The molecule has 0 amide bonds. The largest absolute Gasteiger partial charge is 0.356 e. The number of aliphatic imine (C=N–C) groups is 1. The van der Waals surface area contributed by atoms with Crippen molar-refractivity contribution in [1.29, 1.82) is 0 Å². The van der Waals surface area contributed by atoms with E-state index in [4.69, 9.17) is 0 Å². The highest BCUT2D eigenvalue weighted by Crippen LogP contribution is 2.12. The lowest BCUT2D eigenvalue weighted by Gasteiger charge is -2.34. The van der Waals surface area contributed by atoms with Gasteiger partial charge in [-0.05, 0) is 49.3 Å². The van der Waals surface area contributed by atoms with Crippen LogP contribution < -0.4 is 10.6 Å². The normalized spacial score (nSPS) is 16.4. The predicted molar refractivity (Wildman–Crippen MR) is 119 cm³/mol. The molecule has 1 saturated heterocycles. The van der Waals surface area contributed by atoms with Crippen molar-refractivity contribution < 1.29 is 4.39 Å². The standard InChI is InChI=1S/C20H33FN4.HI/c1-16(2)15-25-12-9-19(10-13-25)24-20(22-3)23-11-5-7-17-6-4-8-18(21)14-17;/h4,6,8,14,16,19H,5,7,9-13,15H2,1-3H3,(H2,22,23,24);1H. The van der Waals surface area contributed by atoms with Gasteiger partial charge in [-0.1, -0.05) is 26.0 Å². The van der Waals surface area contributed by atoms with Crippen LogP contribution in [0.3, 0.4) is 0 Å². The van der Waals surface area contributed by atoms with E-state index in [1.807, 2.05) is 13.1 Å². The van der Waals surface area contributed by atoms with E-state index in [1.165, 1.54) is 12.6 Å². The van der Waals surface area contributed by atoms with Crippen LogP contribution >= 0.6 is 24.0 Å². The first-order valence-corrected chi connectivity index (χ1v) is 9.51. The molecule has 1 aromatic rings. The van der Waals surface area contributed by atoms with E-state index in [0.717, 1.165) is 62.8 Å². The van der Waals surface area contributed by atoms with Crippen molar-refractivity contribution >= 4 is 29.9 Å². The Morgan fingerprint density at radius 2 is 2.04 bits per heavy atom. The Kier molecular flexibility index (Phi) is 11.1. The molecule has 1 aliphatic rings. The average Bonchev–Trinajstić information content (AvgIpc) is 2.59. The summed E-state index contributed by atoms with van der Waals surface area (Å²) in [4.78, 5) is 6.88. The predicted octanol–water partition coefficient (Wildman–Crippen LogP) is 3.66. The summed E-state index contributed by atoms with van der Waals surface area (Å²) in [5.41, 5.74) is 1.04. The van der Waals surface area contributed by atoms with Crippen LogP contribution in [0, 0.1) is 11.7 Å². The van der Waals surface area contributed by atoms with Gasteiger partial charge in [0, 0.05) is 39.3 Å². The Morgan fingerprint density at radius 1 is 1.31 bits per heavy atom. The van der Waals surface area contributed by atoms with Crippen LogP contribution in [0.25, 0.3) is 0 Å². The van der Waals surface area contributed by atoms with Crippen LogP contribution in [0.15, 0.2) is 29.3 Å². The first-order chi connectivity index (χ1) is 12.1. The zero-order valence-electron chi connectivity index (χ0n) is 16.3. The van der Waals surface area contributed by atoms with Gasteiger partial charge in [0.15, 0.2) is 5.96 Å². The van der Waals surface area contributed by atoms with Crippen molar-refractivity contribution in [3.05, 3.63) is 35.6 Å². The number of halogens is 2. The molecule has 0 bridgehead atoms. The molecule has 1 aromatic carbocycles. The fraction of sp³-hybridized carbons (Fsp3) is 0.650. The fourth-order valence-corrected chi connectivity index (χ4v) is 3.36. The second-order valence-electron chi connectivity index (χ2n) is 7.35. The number of hydrogen-bond donors (Lipinski definition) is 2. The van der Waals surface area contributed by atoms with E-state index in [2.05, 4.69) is 34.4 Å². The molecule has 0 atom stereocenters. The first-order valence-electron chi connectivity index (χ1n) is 9.51. The molecule has 0 radical (unpaired) electrons. The molecule has 148 valence electrons. The van der Waals surface area contributed by atoms with Gasteiger partial charge in [-0.25, -0.2) is 4.39 Å². The van der Waals surface area contributed by atoms with E-state index < -0.39 is 0 Å². The molecule has 0 aliphatic carbocycles. The van der Waals surface area contributed by atoms with Crippen LogP contribution in [0.2, 0.25) is 0 Å². The summed E-state index contributed by atoms with van der Waals surface area (Å²) < 4.78 is 13.2. The minimum absolute atomic E-state index is 0. The first kappa shape index (κ1) is 23.1. The van der Waals surface area contributed by atoms with Gasteiger partial charge in [-0.3, -0.25) is 4.99 Å². The third kappa shape index (κ3) is 8.66. The third-order valence-corrected chi connectivity index (χ3v) is 4.60. The van der Waals surface area contributed by atoms with Crippen LogP contribution in [0.1, 0.15) is 38.7 Å². The van der Waals surface area contributed by atoms with Gasteiger partial charge in [0.25, 0.3) is 0 Å². The highest BCUT2D eigenvalue weighted by Gasteiger charge is 2.20. The monoisotopic (exact) mass is 476 g/mol. The van der Waals surface area contributed by atoms with Crippen molar-refractivity contribution in [2.75, 3.05) is 33.2 Å². The maximum absolute atomic E-state index is 13.2. The molecule has 1 aliphatic heterocycles. The Hall–Kier alpha value is -0.890. The summed E-state index contributed by atoms with van der Waals surface area (Å²) >= 11 is 0. The van der Waals surface area contributed by atoms with Crippen LogP contribution in [-0.2, 0) is 6.42 Å². The topological polar surface area (TPSA) is 39.7 Å². The SMILES string of the molecule is CN=C(NCCCc1cccc(F)c1)NC1CCN(CC(C)C)CC1.I. The number of rotatable bonds is 7. The maximum Gasteiger partial charge on any atom is 0.191 e. The van der Waals surface area contributed by atoms with Crippen molar-refractivity contribution in [1.82, 2.24) is 15.5 Å². The molecule has 26 heavy (non-hydrogen) atoms. The van der Waals surface area contributed by atoms with E-state index in [-0.39, 0.29) is 29.8 Å². The second kappa shape index (κ2) is 12.5. The molecular formula is C20H34FIN4. The van der Waals surface area contributed by atoms with Gasteiger partial charge in [0.2, 0.25) is 0 Å². The maximum atomic E-state index is 13.2. The van der Waals surface area contributed by atoms with Gasteiger partial charge < -0.3 is 15.5 Å². The molecule has 1 fully saturated rings. The number of aryl methyl sites for hydroxylation is 1. The zero-order chi connectivity index (χ0) is 18.1. The summed E-state index contributed by atoms with van der Waals surface area (Å²) in [7, 11) is 1.82. The quantitative estimate of drug-likeness (QED) is 0.273. The number of hydrogen-bond acceptors (Lipinski definition) is 2. The molecule has 0 unspecified atom stereocenters. The fourth-order valence-electron chi connectivity index (χ4n) is 3.36. The molecule has 2 rings (SSSR count). The zero-order valence-corrected chi connectivity index (χ0v) is 18.6. The molecule has 4 nitrogen and oxygen atoms in total. The van der Waals surface area contributed by atoms with Gasteiger partial charge >= 0.3 is 0 Å². The third-order valence-electron chi connectivity index (χ3n) is 4.60. The van der Waals surface area contributed by atoms with Crippen LogP contribution in [0.4, 0.5) is 4.39 Å². The summed E-state index contributed by atoms with van der Waals surface area (Å²) in [6.45, 7) is 8.90. The summed E-state index contributed by atoms with van der Waals surface area (Å²) in [5, 5.41) is 6.92. The summed E-state index contributed by atoms with van der Waals surface area (Å²) in [6.07, 6.45) is 4.15. The molecule has 1 heterocycles. The summed E-state index contributed by atoms with van der Waals surface area (Å²) in [5.74, 6) is 1.45. The Balaban J connectivity index is 0.00000338. The molecular weight excluding hydrogens is 442 g/mol. The lowest BCUT2D eigenvalue weighted by Crippen LogP contribution is -2.49.